The number of rotatable bonds is 7. The van der Waals surface area contributed by atoms with E-state index in [9.17, 15) is 4.79 Å². The quantitative estimate of drug-likeness (QED) is 0.435. The molecule has 0 spiro atoms. The third-order valence-electron chi connectivity index (χ3n) is 3.20. The fraction of sp³-hybridized carbons (Fsp3) is 0.294. The molecule has 0 aliphatic carbocycles. The predicted octanol–water partition coefficient (Wildman–Crippen LogP) is 3.08. The van der Waals surface area contributed by atoms with Crippen LogP contribution in [0.2, 0.25) is 0 Å². The smallest absolute Gasteiger partial charge is 0.377 e. The Kier molecular flexibility index (Phi) is 6.31. The molecule has 0 unspecified atom stereocenters. The van der Waals surface area contributed by atoms with E-state index in [1.807, 2.05) is 43.6 Å². The van der Waals surface area contributed by atoms with Crippen molar-refractivity contribution in [3.8, 4) is 11.4 Å². The Labute approximate surface area is 145 Å². The molecule has 6 nitrogen and oxygen atoms in total. The Bertz CT molecular complexity index is 740. The van der Waals surface area contributed by atoms with Crippen LogP contribution in [0, 0.1) is 6.92 Å². The molecular weight excluding hydrogens is 328 g/mol. The van der Waals surface area contributed by atoms with E-state index in [0.29, 0.717) is 5.75 Å². The molecule has 0 aliphatic rings. The molecule has 0 saturated carbocycles. The second-order valence-electron chi connectivity index (χ2n) is 4.95. The number of hydrogen-bond donors (Lipinski definition) is 0. The van der Waals surface area contributed by atoms with Gasteiger partial charge in [-0.05, 0) is 30.9 Å². The lowest BCUT2D eigenvalue weighted by molar-refractivity contribution is -0.138. The number of esters is 1. The number of nitrogens with zero attached hydrogens (tertiary/aromatic N) is 2. The molecule has 2 aromatic rings. The van der Waals surface area contributed by atoms with Gasteiger partial charge in [-0.3, -0.25) is 0 Å². The SMILES string of the molecule is CO/C=C(\Oc1cc(-n2ccc(CSC)n2)ccc1C)C(=O)OC. The fourth-order valence-corrected chi connectivity index (χ4v) is 2.46. The largest absolute Gasteiger partial charge is 0.500 e. The van der Waals surface area contributed by atoms with Crippen LogP contribution in [0.25, 0.3) is 5.69 Å². The molecule has 0 atom stereocenters. The van der Waals surface area contributed by atoms with E-state index in [0.717, 1.165) is 22.7 Å². The van der Waals surface area contributed by atoms with Gasteiger partial charge < -0.3 is 14.2 Å². The molecule has 0 amide bonds. The van der Waals surface area contributed by atoms with Gasteiger partial charge in [0.1, 0.15) is 12.0 Å². The van der Waals surface area contributed by atoms with Crippen molar-refractivity contribution in [2.75, 3.05) is 20.5 Å². The van der Waals surface area contributed by atoms with Crippen molar-refractivity contribution < 1.29 is 19.0 Å². The summed E-state index contributed by atoms with van der Waals surface area (Å²) in [5, 5.41) is 4.52. The molecule has 1 aromatic heterocycles. The molecule has 0 aliphatic heterocycles. The first kappa shape index (κ1) is 17.9. The third-order valence-corrected chi connectivity index (χ3v) is 3.79. The Hall–Kier alpha value is -2.41. The summed E-state index contributed by atoms with van der Waals surface area (Å²) >= 11 is 1.72. The Morgan fingerprint density at radius 2 is 2.12 bits per heavy atom. The first-order chi connectivity index (χ1) is 11.6. The minimum Gasteiger partial charge on any atom is -0.500 e. The molecule has 1 aromatic carbocycles. The molecule has 2 rings (SSSR count). The van der Waals surface area contributed by atoms with Crippen LogP contribution < -0.4 is 4.74 Å². The number of benzene rings is 1. The van der Waals surface area contributed by atoms with Gasteiger partial charge in [-0.1, -0.05) is 6.07 Å². The highest BCUT2D eigenvalue weighted by Crippen LogP contribution is 2.24. The highest BCUT2D eigenvalue weighted by atomic mass is 32.2. The van der Waals surface area contributed by atoms with Gasteiger partial charge in [-0.25, -0.2) is 9.48 Å². The molecule has 7 heteroatoms. The van der Waals surface area contributed by atoms with E-state index in [-0.39, 0.29) is 5.76 Å². The van der Waals surface area contributed by atoms with Gasteiger partial charge in [0.15, 0.2) is 0 Å². The van der Waals surface area contributed by atoms with Crippen LogP contribution in [-0.4, -0.2) is 36.2 Å². The summed E-state index contributed by atoms with van der Waals surface area (Å²) < 4.78 is 17.0. The average molecular weight is 348 g/mol. The standard InChI is InChI=1S/C17H20N2O4S/c1-12-5-6-14(19-8-7-13(18-19)11-24-4)9-15(12)23-16(10-21-2)17(20)22-3/h5-10H,11H2,1-4H3/b16-10-. The number of carbonyl (C=O) groups excluding carboxylic acids is 1. The lowest BCUT2D eigenvalue weighted by Gasteiger charge is -2.12. The highest BCUT2D eigenvalue weighted by molar-refractivity contribution is 7.97. The van der Waals surface area contributed by atoms with E-state index in [4.69, 9.17) is 14.2 Å². The maximum Gasteiger partial charge on any atom is 0.377 e. The van der Waals surface area contributed by atoms with Crippen LogP contribution >= 0.6 is 11.8 Å². The minimum absolute atomic E-state index is 0.0243. The third kappa shape index (κ3) is 4.32. The van der Waals surface area contributed by atoms with Crippen LogP contribution in [0.4, 0.5) is 0 Å². The van der Waals surface area contributed by atoms with E-state index in [1.54, 1.807) is 16.4 Å². The van der Waals surface area contributed by atoms with E-state index in [1.165, 1.54) is 20.5 Å². The summed E-state index contributed by atoms with van der Waals surface area (Å²) in [7, 11) is 2.72. The molecule has 0 radical (unpaired) electrons. The zero-order chi connectivity index (χ0) is 17.5. The summed E-state index contributed by atoms with van der Waals surface area (Å²) in [5.74, 6) is 0.751. The van der Waals surface area contributed by atoms with Crippen LogP contribution in [0.1, 0.15) is 11.3 Å². The monoisotopic (exact) mass is 348 g/mol. The Morgan fingerprint density at radius 1 is 1.33 bits per heavy atom. The van der Waals surface area contributed by atoms with E-state index in [2.05, 4.69) is 5.10 Å². The molecule has 0 saturated heterocycles. The van der Waals surface area contributed by atoms with Crippen LogP contribution in [0.15, 0.2) is 42.5 Å². The van der Waals surface area contributed by atoms with Gasteiger partial charge in [0.25, 0.3) is 0 Å². The molecule has 0 N–H and O–H groups in total. The van der Waals surface area contributed by atoms with Crippen molar-refractivity contribution in [2.45, 2.75) is 12.7 Å². The van der Waals surface area contributed by atoms with Gasteiger partial charge in [0, 0.05) is 18.0 Å². The summed E-state index contributed by atoms with van der Waals surface area (Å²) in [6.07, 6.45) is 5.14. The Morgan fingerprint density at radius 3 is 2.79 bits per heavy atom. The van der Waals surface area contributed by atoms with Crippen molar-refractivity contribution in [3.63, 3.8) is 0 Å². The maximum atomic E-state index is 11.7. The highest BCUT2D eigenvalue weighted by Gasteiger charge is 2.15. The van der Waals surface area contributed by atoms with Gasteiger partial charge >= 0.3 is 5.97 Å². The molecule has 24 heavy (non-hydrogen) atoms. The van der Waals surface area contributed by atoms with Gasteiger partial charge in [0.2, 0.25) is 5.76 Å². The number of hydrogen-bond acceptors (Lipinski definition) is 6. The summed E-state index contributed by atoms with van der Waals surface area (Å²) in [6, 6.07) is 7.64. The topological polar surface area (TPSA) is 62.6 Å². The van der Waals surface area contributed by atoms with Gasteiger partial charge in [0.05, 0.1) is 25.6 Å². The van der Waals surface area contributed by atoms with Gasteiger partial charge in [-0.15, -0.1) is 0 Å². The number of aryl methyl sites for hydroxylation is 1. The van der Waals surface area contributed by atoms with E-state index >= 15 is 0 Å². The summed E-state index contributed by atoms with van der Waals surface area (Å²) in [4.78, 5) is 11.7. The number of carbonyl (C=O) groups is 1. The summed E-state index contributed by atoms with van der Waals surface area (Å²) in [6.45, 7) is 1.89. The zero-order valence-electron chi connectivity index (χ0n) is 14.1. The second kappa shape index (κ2) is 8.44. The number of aromatic nitrogens is 2. The van der Waals surface area contributed by atoms with Crippen LogP contribution in [-0.2, 0) is 20.0 Å². The first-order valence-corrected chi connectivity index (χ1v) is 8.62. The van der Waals surface area contributed by atoms with Crippen LogP contribution in [0.5, 0.6) is 5.75 Å². The molecule has 128 valence electrons. The van der Waals surface area contributed by atoms with E-state index < -0.39 is 5.97 Å². The lowest BCUT2D eigenvalue weighted by Crippen LogP contribution is -2.12. The second-order valence-corrected chi connectivity index (χ2v) is 5.81. The molecular formula is C17H20N2O4S. The molecule has 1 heterocycles. The van der Waals surface area contributed by atoms with Gasteiger partial charge in [-0.2, -0.15) is 16.9 Å². The number of methoxy groups -OCH3 is 2. The lowest BCUT2D eigenvalue weighted by atomic mass is 10.2. The zero-order valence-corrected chi connectivity index (χ0v) is 14.9. The van der Waals surface area contributed by atoms with Crippen molar-refractivity contribution in [2.24, 2.45) is 0 Å². The predicted molar refractivity (Wildman–Crippen MR) is 93.3 cm³/mol. The van der Waals surface area contributed by atoms with Crippen molar-refractivity contribution in [1.82, 2.24) is 9.78 Å². The molecule has 0 fully saturated rings. The normalized spacial score (nSPS) is 11.2. The van der Waals surface area contributed by atoms with Crippen molar-refractivity contribution in [3.05, 3.63) is 53.7 Å². The van der Waals surface area contributed by atoms with Crippen molar-refractivity contribution in [1.29, 1.82) is 0 Å². The molecule has 0 bridgehead atoms. The Balaban J connectivity index is 2.30. The fourth-order valence-electron chi connectivity index (χ4n) is 2.01. The summed E-state index contributed by atoms with van der Waals surface area (Å²) in [5.41, 5.74) is 2.71. The van der Waals surface area contributed by atoms with Crippen molar-refractivity contribution >= 4 is 17.7 Å². The number of ether oxygens (including phenoxy) is 3. The number of thioether (sulfide) groups is 1. The minimum atomic E-state index is -0.608. The maximum absolute atomic E-state index is 11.7. The van der Waals surface area contributed by atoms with Crippen LogP contribution in [0.3, 0.4) is 0 Å². The first-order valence-electron chi connectivity index (χ1n) is 7.22. The average Bonchev–Trinajstić information content (AvgIpc) is 3.04.